The summed E-state index contributed by atoms with van der Waals surface area (Å²) in [5.74, 6) is 0.0804. The topological polar surface area (TPSA) is 61.7 Å². The lowest BCUT2D eigenvalue weighted by Gasteiger charge is -2.45. The van der Waals surface area contributed by atoms with Crippen LogP contribution in [0.4, 0.5) is 0 Å². The molecule has 0 radical (unpaired) electrons. The molecule has 4 nitrogen and oxygen atoms in total. The molecule has 1 aliphatic heterocycles. The van der Waals surface area contributed by atoms with Crippen molar-refractivity contribution in [1.29, 1.82) is 0 Å². The summed E-state index contributed by atoms with van der Waals surface area (Å²) in [6.45, 7) is 4.97. The molecule has 0 spiro atoms. The molecule has 3 rings (SSSR count). The van der Waals surface area contributed by atoms with Gasteiger partial charge in [0.15, 0.2) is 0 Å². The van der Waals surface area contributed by atoms with Crippen molar-refractivity contribution in [3.05, 3.63) is 42.0 Å². The fraction of sp³-hybridized carbons (Fsp3) is 0.579. The minimum atomic E-state index is -0.977. The molecule has 23 heavy (non-hydrogen) atoms. The maximum Gasteiger partial charge on any atom is 0.109 e. The van der Waals surface area contributed by atoms with E-state index in [2.05, 4.69) is 5.32 Å². The zero-order valence-electron chi connectivity index (χ0n) is 13.9. The molecule has 1 saturated heterocycles. The molecule has 1 saturated carbocycles. The monoisotopic (exact) mass is 317 g/mol. The lowest BCUT2D eigenvalue weighted by Crippen LogP contribution is -2.60. The molecule has 1 heterocycles. The SMILES string of the molecule is CC1(C)C[C@H]2C[C@@H](O)[C@H](NC/C=C/c3ccccc3)[C@]2(O)CO1. The van der Waals surface area contributed by atoms with Gasteiger partial charge in [-0.2, -0.15) is 0 Å². The Morgan fingerprint density at radius 3 is 2.78 bits per heavy atom. The lowest BCUT2D eigenvalue weighted by atomic mass is 9.79. The van der Waals surface area contributed by atoms with E-state index in [1.165, 1.54) is 0 Å². The molecule has 1 aliphatic carbocycles. The van der Waals surface area contributed by atoms with Crippen LogP contribution in [0.3, 0.4) is 0 Å². The molecule has 126 valence electrons. The zero-order chi connectivity index (χ0) is 16.5. The molecule has 1 aromatic carbocycles. The van der Waals surface area contributed by atoms with Crippen molar-refractivity contribution in [3.63, 3.8) is 0 Å². The van der Waals surface area contributed by atoms with E-state index in [0.717, 1.165) is 12.0 Å². The third-order valence-electron chi connectivity index (χ3n) is 5.15. The van der Waals surface area contributed by atoms with Gasteiger partial charge >= 0.3 is 0 Å². The first-order chi connectivity index (χ1) is 10.9. The van der Waals surface area contributed by atoms with Crippen LogP contribution in [-0.4, -0.2) is 46.7 Å². The van der Waals surface area contributed by atoms with E-state index in [-0.39, 0.29) is 24.2 Å². The van der Waals surface area contributed by atoms with Crippen LogP contribution in [0.1, 0.15) is 32.3 Å². The normalized spacial score (nSPS) is 36.3. The van der Waals surface area contributed by atoms with Gasteiger partial charge in [-0.05, 0) is 38.2 Å². The van der Waals surface area contributed by atoms with Crippen LogP contribution < -0.4 is 5.32 Å². The highest BCUT2D eigenvalue weighted by atomic mass is 16.5. The number of rotatable bonds is 4. The molecule has 1 aromatic rings. The third kappa shape index (κ3) is 3.50. The minimum Gasteiger partial charge on any atom is -0.391 e. The highest BCUT2D eigenvalue weighted by Crippen LogP contribution is 2.45. The molecule has 0 aromatic heterocycles. The van der Waals surface area contributed by atoms with E-state index in [0.29, 0.717) is 13.0 Å². The van der Waals surface area contributed by atoms with E-state index in [1.807, 2.05) is 56.3 Å². The van der Waals surface area contributed by atoms with Crippen LogP contribution >= 0.6 is 0 Å². The number of hydrogen-bond donors (Lipinski definition) is 3. The summed E-state index contributed by atoms with van der Waals surface area (Å²) in [7, 11) is 0. The summed E-state index contributed by atoms with van der Waals surface area (Å²) < 4.78 is 5.82. The summed E-state index contributed by atoms with van der Waals surface area (Å²) in [6.07, 6.45) is 4.93. The highest BCUT2D eigenvalue weighted by molar-refractivity contribution is 5.48. The van der Waals surface area contributed by atoms with Gasteiger partial charge in [0.1, 0.15) is 5.60 Å². The van der Waals surface area contributed by atoms with Gasteiger partial charge in [0.2, 0.25) is 0 Å². The largest absolute Gasteiger partial charge is 0.391 e. The number of hydrogen-bond acceptors (Lipinski definition) is 4. The Kier molecular flexibility index (Phi) is 4.61. The average molecular weight is 317 g/mol. The Morgan fingerprint density at radius 1 is 1.30 bits per heavy atom. The molecule has 0 unspecified atom stereocenters. The quantitative estimate of drug-likeness (QED) is 0.794. The van der Waals surface area contributed by atoms with Gasteiger partial charge in [-0.1, -0.05) is 42.5 Å². The fourth-order valence-corrected chi connectivity index (χ4v) is 3.92. The molecule has 0 amide bonds. The second-order valence-corrected chi connectivity index (χ2v) is 7.44. The van der Waals surface area contributed by atoms with E-state index in [9.17, 15) is 10.2 Å². The van der Waals surface area contributed by atoms with Crippen molar-refractivity contribution in [3.8, 4) is 0 Å². The Hall–Kier alpha value is -1.20. The van der Waals surface area contributed by atoms with Crippen molar-refractivity contribution in [2.45, 2.75) is 50.0 Å². The molecule has 2 fully saturated rings. The Bertz CT molecular complexity index is 557. The van der Waals surface area contributed by atoms with Gasteiger partial charge in [0.25, 0.3) is 0 Å². The maximum atomic E-state index is 11.0. The average Bonchev–Trinajstić information content (AvgIpc) is 2.75. The Labute approximate surface area is 138 Å². The molecule has 4 atom stereocenters. The fourth-order valence-electron chi connectivity index (χ4n) is 3.92. The number of aliphatic hydroxyl groups excluding tert-OH is 1. The number of fused-ring (bicyclic) bond motifs is 1. The van der Waals surface area contributed by atoms with Crippen LogP contribution in [-0.2, 0) is 4.74 Å². The van der Waals surface area contributed by atoms with E-state index < -0.39 is 11.7 Å². The molecule has 4 heteroatoms. The van der Waals surface area contributed by atoms with E-state index >= 15 is 0 Å². The number of benzene rings is 1. The van der Waals surface area contributed by atoms with E-state index in [1.54, 1.807) is 0 Å². The molecular weight excluding hydrogens is 290 g/mol. The first-order valence-corrected chi connectivity index (χ1v) is 8.40. The van der Waals surface area contributed by atoms with Gasteiger partial charge in [0, 0.05) is 6.54 Å². The molecule has 2 aliphatic rings. The standard InChI is InChI=1S/C19H27NO3/c1-18(2)12-15-11-16(21)17(19(15,22)13-23-18)20-10-6-9-14-7-4-3-5-8-14/h3-9,15-17,20-22H,10-13H2,1-2H3/b9-6+/t15-,16-,17+,19+/m1/s1. The highest BCUT2D eigenvalue weighted by Gasteiger charge is 2.57. The van der Waals surface area contributed by atoms with Crippen molar-refractivity contribution < 1.29 is 14.9 Å². The van der Waals surface area contributed by atoms with Crippen LogP contribution in [0.25, 0.3) is 6.08 Å². The second-order valence-electron chi connectivity index (χ2n) is 7.44. The van der Waals surface area contributed by atoms with Crippen molar-refractivity contribution in [1.82, 2.24) is 5.32 Å². The van der Waals surface area contributed by atoms with Crippen molar-refractivity contribution in [2.24, 2.45) is 5.92 Å². The van der Waals surface area contributed by atoms with Crippen LogP contribution in [0, 0.1) is 5.92 Å². The zero-order valence-corrected chi connectivity index (χ0v) is 13.9. The summed E-state index contributed by atoms with van der Waals surface area (Å²) in [5.41, 5.74) is -0.0607. The summed E-state index contributed by atoms with van der Waals surface area (Å²) in [6, 6.07) is 9.74. The summed E-state index contributed by atoms with van der Waals surface area (Å²) >= 11 is 0. The number of aliphatic hydroxyl groups is 2. The van der Waals surface area contributed by atoms with Gasteiger partial charge in [0.05, 0.1) is 24.4 Å². The lowest BCUT2D eigenvalue weighted by molar-refractivity contribution is -0.184. The summed E-state index contributed by atoms with van der Waals surface area (Å²) in [4.78, 5) is 0. The van der Waals surface area contributed by atoms with E-state index in [4.69, 9.17) is 4.74 Å². The first-order valence-electron chi connectivity index (χ1n) is 8.40. The first kappa shape index (κ1) is 16.7. The van der Waals surface area contributed by atoms with Crippen molar-refractivity contribution in [2.75, 3.05) is 13.2 Å². The van der Waals surface area contributed by atoms with Gasteiger partial charge in [-0.15, -0.1) is 0 Å². The van der Waals surface area contributed by atoms with Gasteiger partial charge < -0.3 is 20.3 Å². The molecular formula is C19H27NO3. The van der Waals surface area contributed by atoms with Crippen LogP contribution in [0.15, 0.2) is 36.4 Å². The van der Waals surface area contributed by atoms with Crippen LogP contribution in [0.2, 0.25) is 0 Å². The Balaban J connectivity index is 1.60. The van der Waals surface area contributed by atoms with Gasteiger partial charge in [-0.3, -0.25) is 0 Å². The van der Waals surface area contributed by atoms with Crippen molar-refractivity contribution >= 4 is 6.08 Å². The third-order valence-corrected chi connectivity index (χ3v) is 5.15. The van der Waals surface area contributed by atoms with Crippen LogP contribution in [0.5, 0.6) is 0 Å². The smallest absolute Gasteiger partial charge is 0.109 e. The summed E-state index contributed by atoms with van der Waals surface area (Å²) in [5, 5.41) is 24.7. The maximum absolute atomic E-state index is 11.0. The minimum absolute atomic E-state index is 0.0804. The number of nitrogens with one attached hydrogen (secondary N) is 1. The number of ether oxygens (including phenoxy) is 1. The Morgan fingerprint density at radius 2 is 2.04 bits per heavy atom. The predicted molar refractivity (Wildman–Crippen MR) is 91.0 cm³/mol. The predicted octanol–water partition coefficient (Wildman–Crippen LogP) is 1.97. The van der Waals surface area contributed by atoms with Gasteiger partial charge in [-0.25, -0.2) is 0 Å². The second kappa shape index (κ2) is 6.36. The molecule has 3 N–H and O–H groups in total. The molecule has 0 bridgehead atoms.